The Morgan fingerprint density at radius 2 is 1.89 bits per heavy atom. The number of fused-ring (bicyclic) bond motifs is 1. The molecule has 0 spiro atoms. The Morgan fingerprint density at radius 1 is 1.29 bits per heavy atom. The van der Waals surface area contributed by atoms with Crippen LogP contribution in [0.4, 0.5) is 4.39 Å². The molecule has 1 aromatic heterocycles. The van der Waals surface area contributed by atoms with Crippen LogP contribution in [0.2, 0.25) is 0 Å². The Morgan fingerprint density at radius 3 is 2.46 bits per heavy atom. The van der Waals surface area contributed by atoms with Crippen molar-refractivity contribution in [1.82, 2.24) is 19.8 Å². The summed E-state index contributed by atoms with van der Waals surface area (Å²) in [5, 5.41) is 12.8. The van der Waals surface area contributed by atoms with Crippen molar-refractivity contribution >= 4 is 11.8 Å². The molecule has 0 bridgehead atoms. The zero-order valence-electron chi connectivity index (χ0n) is 16.0. The first-order valence-corrected chi connectivity index (χ1v) is 8.74. The summed E-state index contributed by atoms with van der Waals surface area (Å²) in [6.45, 7) is 6.53. The summed E-state index contributed by atoms with van der Waals surface area (Å²) < 4.78 is 14.2. The van der Waals surface area contributed by atoms with E-state index in [-0.39, 0.29) is 18.3 Å². The standard InChI is InChI=1S/C19H21FN4O4/c1-10-23-17(28)15(26)14(22-18(23)19(3,4)24(10)11(2)25)16(27)21-9-12-5-7-13(20)8-6-12/h5-8,10,26H,9H2,1-4H3,(H,21,27). The number of nitrogens with one attached hydrogen (secondary N) is 1. The fraction of sp³-hybridized carbons (Fsp3) is 0.368. The lowest BCUT2D eigenvalue weighted by Gasteiger charge is -2.32. The highest BCUT2D eigenvalue weighted by Crippen LogP contribution is 2.39. The van der Waals surface area contributed by atoms with E-state index in [1.165, 1.54) is 40.7 Å². The second kappa shape index (κ2) is 6.74. The van der Waals surface area contributed by atoms with Crippen molar-refractivity contribution in [2.75, 3.05) is 0 Å². The van der Waals surface area contributed by atoms with Crippen LogP contribution in [0.15, 0.2) is 29.1 Å². The van der Waals surface area contributed by atoms with Crippen LogP contribution < -0.4 is 10.9 Å². The van der Waals surface area contributed by atoms with Gasteiger partial charge < -0.3 is 15.3 Å². The van der Waals surface area contributed by atoms with Gasteiger partial charge in [0.15, 0.2) is 5.69 Å². The molecule has 2 heterocycles. The van der Waals surface area contributed by atoms with Crippen LogP contribution in [0.3, 0.4) is 0 Å². The summed E-state index contributed by atoms with van der Waals surface area (Å²) in [6, 6.07) is 5.55. The van der Waals surface area contributed by atoms with Crippen molar-refractivity contribution in [1.29, 1.82) is 0 Å². The summed E-state index contributed by atoms with van der Waals surface area (Å²) in [5.41, 5.74) is -1.50. The Kier molecular flexibility index (Phi) is 4.70. The average molecular weight is 388 g/mol. The van der Waals surface area contributed by atoms with Gasteiger partial charge in [-0.2, -0.15) is 0 Å². The van der Waals surface area contributed by atoms with Crippen molar-refractivity contribution in [3.8, 4) is 5.75 Å². The number of amides is 2. The number of aromatic hydroxyl groups is 1. The lowest BCUT2D eigenvalue weighted by atomic mass is 10.0. The third-order valence-electron chi connectivity index (χ3n) is 4.91. The lowest BCUT2D eigenvalue weighted by Crippen LogP contribution is -2.41. The van der Waals surface area contributed by atoms with Crippen LogP contribution in [0.5, 0.6) is 5.75 Å². The van der Waals surface area contributed by atoms with Crippen molar-refractivity contribution < 1.29 is 19.1 Å². The van der Waals surface area contributed by atoms with Crippen LogP contribution in [-0.4, -0.2) is 31.4 Å². The lowest BCUT2D eigenvalue weighted by molar-refractivity contribution is -0.137. The van der Waals surface area contributed by atoms with E-state index < -0.39 is 40.4 Å². The maximum Gasteiger partial charge on any atom is 0.298 e. The Bertz CT molecular complexity index is 1010. The molecule has 2 aromatic rings. The molecule has 148 valence electrons. The molecule has 28 heavy (non-hydrogen) atoms. The number of hydrogen-bond acceptors (Lipinski definition) is 5. The van der Waals surface area contributed by atoms with Gasteiger partial charge in [-0.1, -0.05) is 12.1 Å². The highest BCUT2D eigenvalue weighted by molar-refractivity contribution is 5.94. The van der Waals surface area contributed by atoms with Gasteiger partial charge >= 0.3 is 0 Å². The van der Waals surface area contributed by atoms with Crippen molar-refractivity contribution in [3.63, 3.8) is 0 Å². The average Bonchev–Trinajstić information content (AvgIpc) is 2.82. The van der Waals surface area contributed by atoms with E-state index in [1.54, 1.807) is 20.8 Å². The first-order valence-electron chi connectivity index (χ1n) is 8.74. The molecule has 1 aliphatic rings. The van der Waals surface area contributed by atoms with Gasteiger partial charge in [-0.05, 0) is 38.5 Å². The Labute approximate surface area is 160 Å². The summed E-state index contributed by atoms with van der Waals surface area (Å²) in [5.74, 6) is -1.97. The van der Waals surface area contributed by atoms with E-state index in [0.717, 1.165) is 0 Å². The number of carbonyl (C=O) groups is 2. The molecule has 9 heteroatoms. The quantitative estimate of drug-likeness (QED) is 0.832. The number of aromatic nitrogens is 2. The van der Waals surface area contributed by atoms with Crippen LogP contribution in [0, 0.1) is 5.82 Å². The van der Waals surface area contributed by atoms with Gasteiger partial charge in [0, 0.05) is 13.5 Å². The highest BCUT2D eigenvalue weighted by atomic mass is 19.1. The number of carbonyl (C=O) groups excluding carboxylic acids is 2. The van der Waals surface area contributed by atoms with Crippen molar-refractivity contribution in [2.24, 2.45) is 0 Å². The Balaban J connectivity index is 1.96. The maximum absolute atomic E-state index is 13.0. The van der Waals surface area contributed by atoms with Crippen LogP contribution in [0.25, 0.3) is 0 Å². The van der Waals surface area contributed by atoms with Crippen LogP contribution >= 0.6 is 0 Å². The molecule has 2 amide bonds. The van der Waals surface area contributed by atoms with Gasteiger partial charge in [0.25, 0.3) is 11.5 Å². The molecule has 1 aliphatic heterocycles. The van der Waals surface area contributed by atoms with Crippen molar-refractivity contribution in [2.45, 2.75) is 45.9 Å². The predicted octanol–water partition coefficient (Wildman–Crippen LogP) is 1.63. The third-order valence-corrected chi connectivity index (χ3v) is 4.91. The molecule has 0 saturated carbocycles. The number of rotatable bonds is 3. The molecular formula is C19H21FN4O4. The largest absolute Gasteiger partial charge is 0.501 e. The summed E-state index contributed by atoms with van der Waals surface area (Å²) in [4.78, 5) is 43.0. The van der Waals surface area contributed by atoms with Gasteiger partial charge in [0.1, 0.15) is 17.8 Å². The zero-order valence-corrected chi connectivity index (χ0v) is 16.0. The molecule has 1 aromatic carbocycles. The summed E-state index contributed by atoms with van der Waals surface area (Å²) in [7, 11) is 0. The molecular weight excluding hydrogens is 367 g/mol. The van der Waals surface area contributed by atoms with Crippen LogP contribution in [0.1, 0.15) is 55.7 Å². The van der Waals surface area contributed by atoms with Gasteiger partial charge in [-0.25, -0.2) is 9.37 Å². The van der Waals surface area contributed by atoms with Gasteiger partial charge in [-0.15, -0.1) is 0 Å². The second-order valence-corrected chi connectivity index (χ2v) is 7.20. The SMILES string of the molecule is CC(=O)N1C(C)n2c(nc(C(=O)NCc3ccc(F)cc3)c(O)c2=O)C1(C)C. The molecule has 0 aliphatic carbocycles. The minimum absolute atomic E-state index is 0.0675. The molecule has 1 unspecified atom stereocenters. The van der Waals surface area contributed by atoms with Gasteiger partial charge in [-0.3, -0.25) is 19.0 Å². The number of nitrogens with zero attached hydrogens (tertiary/aromatic N) is 3. The molecule has 0 radical (unpaired) electrons. The fourth-order valence-corrected chi connectivity index (χ4v) is 3.68. The molecule has 3 rings (SSSR count). The minimum atomic E-state index is -0.940. The van der Waals surface area contributed by atoms with E-state index in [0.29, 0.717) is 5.56 Å². The highest BCUT2D eigenvalue weighted by Gasteiger charge is 2.47. The fourth-order valence-electron chi connectivity index (χ4n) is 3.68. The number of benzene rings is 1. The van der Waals surface area contributed by atoms with E-state index in [4.69, 9.17) is 0 Å². The number of halogens is 1. The molecule has 8 nitrogen and oxygen atoms in total. The first kappa shape index (κ1) is 19.5. The molecule has 0 fully saturated rings. The van der Waals surface area contributed by atoms with Gasteiger partial charge in [0.05, 0.1) is 5.54 Å². The van der Waals surface area contributed by atoms with Gasteiger partial charge in [0.2, 0.25) is 11.7 Å². The third kappa shape index (κ3) is 3.02. The van der Waals surface area contributed by atoms with Crippen molar-refractivity contribution in [3.05, 3.63) is 57.5 Å². The molecule has 2 N–H and O–H groups in total. The van der Waals surface area contributed by atoms with Crippen LogP contribution in [-0.2, 0) is 16.9 Å². The normalized spacial score (nSPS) is 17.3. The number of hydrogen-bond donors (Lipinski definition) is 2. The second-order valence-electron chi connectivity index (χ2n) is 7.20. The predicted molar refractivity (Wildman–Crippen MR) is 98.0 cm³/mol. The van der Waals surface area contributed by atoms with E-state index in [9.17, 15) is 23.9 Å². The summed E-state index contributed by atoms with van der Waals surface area (Å²) in [6.07, 6.45) is -0.648. The monoisotopic (exact) mass is 388 g/mol. The topological polar surface area (TPSA) is 105 Å². The summed E-state index contributed by atoms with van der Waals surface area (Å²) >= 11 is 0. The Hall–Kier alpha value is -3.23. The first-order chi connectivity index (χ1) is 13.1. The zero-order chi connectivity index (χ0) is 20.8. The maximum atomic E-state index is 13.0. The minimum Gasteiger partial charge on any atom is -0.501 e. The van der Waals surface area contributed by atoms with E-state index in [1.807, 2.05) is 0 Å². The smallest absolute Gasteiger partial charge is 0.298 e. The molecule has 1 atom stereocenters. The van der Waals surface area contributed by atoms with E-state index >= 15 is 0 Å². The van der Waals surface area contributed by atoms with E-state index in [2.05, 4.69) is 10.3 Å². The molecule has 0 saturated heterocycles.